The number of carbonyl (C=O) groups excluding carboxylic acids is 1. The molecule has 26 heavy (non-hydrogen) atoms. The highest BCUT2D eigenvalue weighted by Gasteiger charge is 2.27. The van der Waals surface area contributed by atoms with E-state index in [1.807, 2.05) is 26.0 Å². The topological polar surface area (TPSA) is 88.6 Å². The zero-order valence-corrected chi connectivity index (χ0v) is 16.5. The molecule has 0 unspecified atom stereocenters. The van der Waals surface area contributed by atoms with Crippen molar-refractivity contribution in [2.24, 2.45) is 0 Å². The van der Waals surface area contributed by atoms with Gasteiger partial charge < -0.3 is 9.64 Å². The number of nitrogens with one attached hydrogen (secondary N) is 1. The molecule has 140 valence electrons. The number of rotatable bonds is 5. The van der Waals surface area contributed by atoms with Crippen LogP contribution in [0.5, 0.6) is 5.75 Å². The second kappa shape index (κ2) is 7.24. The van der Waals surface area contributed by atoms with Crippen molar-refractivity contribution in [2.45, 2.75) is 32.9 Å². The van der Waals surface area contributed by atoms with Gasteiger partial charge in [-0.15, -0.1) is 0 Å². The molecule has 2 heterocycles. The van der Waals surface area contributed by atoms with E-state index in [4.69, 9.17) is 4.74 Å². The number of nitrogens with zero attached hydrogens (tertiary/aromatic N) is 2. The van der Waals surface area contributed by atoms with E-state index in [9.17, 15) is 13.2 Å². The molecule has 1 aromatic heterocycles. The van der Waals surface area contributed by atoms with E-state index >= 15 is 0 Å². The predicted molar refractivity (Wildman–Crippen MR) is 101 cm³/mol. The summed E-state index contributed by atoms with van der Waals surface area (Å²) in [6.45, 7) is 4.78. The second-order valence-corrected chi connectivity index (χ2v) is 9.23. The molecule has 1 aliphatic rings. The van der Waals surface area contributed by atoms with Gasteiger partial charge in [-0.1, -0.05) is 23.5 Å². The Labute approximate surface area is 157 Å². The van der Waals surface area contributed by atoms with E-state index in [-0.39, 0.29) is 12.0 Å². The molecule has 1 N–H and O–H groups in total. The number of thiazole rings is 1. The van der Waals surface area contributed by atoms with Gasteiger partial charge in [0.25, 0.3) is 5.91 Å². The highest BCUT2D eigenvalue weighted by Crippen LogP contribution is 2.30. The summed E-state index contributed by atoms with van der Waals surface area (Å²) < 4.78 is 30.9. The molecule has 2 aromatic rings. The number of benzene rings is 1. The van der Waals surface area contributed by atoms with Gasteiger partial charge in [-0.25, -0.2) is 13.4 Å². The van der Waals surface area contributed by atoms with E-state index in [1.165, 1.54) is 11.3 Å². The monoisotopic (exact) mass is 395 g/mol. The summed E-state index contributed by atoms with van der Waals surface area (Å²) in [5.41, 5.74) is 1.38. The Bertz CT molecular complexity index is 922. The number of hydrogen-bond donors (Lipinski definition) is 1. The van der Waals surface area contributed by atoms with Gasteiger partial charge in [-0.05, 0) is 26.0 Å². The Morgan fingerprint density at radius 3 is 2.77 bits per heavy atom. The van der Waals surface area contributed by atoms with Crippen LogP contribution >= 0.6 is 11.3 Å². The lowest BCUT2D eigenvalue weighted by Gasteiger charge is -2.27. The van der Waals surface area contributed by atoms with Crippen LogP contribution in [0.3, 0.4) is 0 Å². The van der Waals surface area contributed by atoms with Crippen molar-refractivity contribution in [1.82, 2.24) is 9.88 Å². The minimum atomic E-state index is -3.37. The summed E-state index contributed by atoms with van der Waals surface area (Å²) in [6.07, 6.45) is 1.66. The van der Waals surface area contributed by atoms with E-state index in [0.717, 1.165) is 16.8 Å². The lowest BCUT2D eigenvalue weighted by atomic mass is 10.1. The van der Waals surface area contributed by atoms with Gasteiger partial charge in [0.15, 0.2) is 5.13 Å². The maximum atomic E-state index is 13.0. The average Bonchev–Trinajstić information content (AvgIpc) is 2.93. The Kier molecular flexibility index (Phi) is 5.19. The smallest absolute Gasteiger partial charge is 0.257 e. The molecule has 0 bridgehead atoms. The van der Waals surface area contributed by atoms with Crippen molar-refractivity contribution in [3.8, 4) is 5.75 Å². The first-order valence-corrected chi connectivity index (χ1v) is 10.9. The summed E-state index contributed by atoms with van der Waals surface area (Å²) in [5, 5.41) is 0.343. The third kappa shape index (κ3) is 4.34. The number of hydrogen-bond acceptors (Lipinski definition) is 6. The van der Waals surface area contributed by atoms with Crippen molar-refractivity contribution in [3.05, 3.63) is 40.4 Å². The average molecular weight is 396 g/mol. The molecule has 0 fully saturated rings. The fourth-order valence-corrected chi connectivity index (χ4v) is 4.60. The number of fused-ring (bicyclic) bond motifs is 1. The first-order chi connectivity index (χ1) is 12.2. The van der Waals surface area contributed by atoms with Crippen molar-refractivity contribution in [2.75, 3.05) is 17.5 Å². The fourth-order valence-electron chi connectivity index (χ4n) is 2.74. The molecule has 0 saturated heterocycles. The Balaban J connectivity index is 1.80. The normalized spacial score (nSPS) is 14.2. The van der Waals surface area contributed by atoms with Crippen LogP contribution in [0.1, 0.15) is 34.8 Å². The van der Waals surface area contributed by atoms with Crippen LogP contribution in [-0.4, -0.2) is 43.1 Å². The summed E-state index contributed by atoms with van der Waals surface area (Å²) in [4.78, 5) is 19.9. The second-order valence-electron chi connectivity index (χ2n) is 6.40. The quantitative estimate of drug-likeness (QED) is 0.840. The molecule has 3 rings (SSSR count). The van der Waals surface area contributed by atoms with E-state index in [1.54, 1.807) is 17.0 Å². The molecule has 0 saturated carbocycles. The number of aromatic nitrogens is 1. The van der Waals surface area contributed by atoms with E-state index in [2.05, 4.69) is 9.71 Å². The summed E-state index contributed by atoms with van der Waals surface area (Å²) in [5.74, 6) is 0.472. The van der Waals surface area contributed by atoms with E-state index < -0.39 is 10.0 Å². The molecule has 0 atom stereocenters. The molecule has 0 radical (unpaired) electrons. The van der Waals surface area contributed by atoms with Crippen LogP contribution in [0.25, 0.3) is 0 Å². The molecule has 9 heteroatoms. The number of para-hydroxylation sites is 1. The van der Waals surface area contributed by atoms with Crippen LogP contribution in [-0.2, 0) is 23.0 Å². The summed E-state index contributed by atoms with van der Waals surface area (Å²) >= 11 is 1.27. The van der Waals surface area contributed by atoms with Crippen molar-refractivity contribution < 1.29 is 17.9 Å². The van der Waals surface area contributed by atoms with Crippen LogP contribution in [0.2, 0.25) is 0 Å². The summed E-state index contributed by atoms with van der Waals surface area (Å²) in [7, 11) is -3.37. The van der Waals surface area contributed by atoms with Gasteiger partial charge in [-0.3, -0.25) is 9.52 Å². The molecule has 1 aliphatic heterocycles. The number of amides is 1. The number of ether oxygens (including phenoxy) is 1. The first-order valence-electron chi connectivity index (χ1n) is 8.24. The third-order valence-corrected chi connectivity index (χ3v) is 5.46. The van der Waals surface area contributed by atoms with Gasteiger partial charge in [0.2, 0.25) is 10.0 Å². The largest absolute Gasteiger partial charge is 0.490 e. The van der Waals surface area contributed by atoms with E-state index in [0.29, 0.717) is 36.0 Å². The van der Waals surface area contributed by atoms with Crippen molar-refractivity contribution >= 4 is 32.4 Å². The van der Waals surface area contributed by atoms with Crippen LogP contribution in [0.4, 0.5) is 5.13 Å². The highest BCUT2D eigenvalue weighted by molar-refractivity contribution is 7.92. The minimum absolute atomic E-state index is 0.0250. The molecule has 1 aromatic carbocycles. The zero-order valence-electron chi connectivity index (χ0n) is 14.9. The lowest BCUT2D eigenvalue weighted by molar-refractivity contribution is 0.0730. The fraction of sp³-hybridized carbons (Fsp3) is 0.412. The maximum Gasteiger partial charge on any atom is 0.257 e. The van der Waals surface area contributed by atoms with Gasteiger partial charge in [-0.2, -0.15) is 0 Å². The van der Waals surface area contributed by atoms with Gasteiger partial charge in [0.1, 0.15) is 5.75 Å². The van der Waals surface area contributed by atoms with Crippen molar-refractivity contribution in [3.63, 3.8) is 0 Å². The molecule has 0 spiro atoms. The Hall–Kier alpha value is -2.13. The van der Waals surface area contributed by atoms with Gasteiger partial charge in [0.05, 0.1) is 30.2 Å². The molecule has 1 amide bonds. The Morgan fingerprint density at radius 1 is 1.35 bits per heavy atom. The highest BCUT2D eigenvalue weighted by atomic mass is 32.2. The number of anilines is 1. The van der Waals surface area contributed by atoms with Crippen LogP contribution in [0, 0.1) is 0 Å². The van der Waals surface area contributed by atoms with Crippen LogP contribution < -0.4 is 9.46 Å². The zero-order chi connectivity index (χ0) is 18.9. The number of sulfonamides is 1. The van der Waals surface area contributed by atoms with Crippen molar-refractivity contribution in [1.29, 1.82) is 0 Å². The van der Waals surface area contributed by atoms with Gasteiger partial charge in [0, 0.05) is 17.8 Å². The lowest BCUT2D eigenvalue weighted by Crippen LogP contribution is -2.35. The molecular formula is C17H21N3O4S2. The molecule has 0 aliphatic carbocycles. The minimum Gasteiger partial charge on any atom is -0.490 e. The first kappa shape index (κ1) is 18.7. The predicted octanol–water partition coefficient (Wildman–Crippen LogP) is 2.50. The van der Waals surface area contributed by atoms with Gasteiger partial charge >= 0.3 is 0 Å². The molecule has 7 nitrogen and oxygen atoms in total. The SMILES string of the molecule is CC(C)Oc1ccccc1C(=O)N1CCc2nc(NS(C)(=O)=O)sc2C1. The summed E-state index contributed by atoms with van der Waals surface area (Å²) in [6, 6.07) is 7.22. The van der Waals surface area contributed by atoms with Crippen LogP contribution in [0.15, 0.2) is 24.3 Å². The third-order valence-electron chi connectivity index (χ3n) is 3.77. The molecular weight excluding hydrogens is 374 g/mol. The standard InChI is InChI=1S/C17H21N3O4S2/c1-11(2)24-14-7-5-4-6-12(14)16(21)20-9-8-13-15(10-20)25-17(18-13)19-26(3,22)23/h4-7,11H,8-10H2,1-3H3,(H,18,19). The maximum absolute atomic E-state index is 13.0. The Morgan fingerprint density at radius 2 is 2.08 bits per heavy atom. The number of carbonyl (C=O) groups is 1.